The molecule has 3 nitrogen and oxygen atoms in total. The molecule has 0 amide bonds. The topological polar surface area (TPSA) is 9.72 Å². The zero-order chi connectivity index (χ0) is 11.5. The van der Waals surface area contributed by atoms with Crippen molar-refractivity contribution in [2.45, 2.75) is 26.3 Å². The smallest absolute Gasteiger partial charge is 0.0110 e. The van der Waals surface area contributed by atoms with Crippen LogP contribution in [0.5, 0.6) is 0 Å². The summed E-state index contributed by atoms with van der Waals surface area (Å²) in [6, 6.07) is 0.734. The van der Waals surface area contributed by atoms with Gasteiger partial charge in [-0.2, -0.15) is 0 Å². The summed E-state index contributed by atoms with van der Waals surface area (Å²) in [4.78, 5) is 7.72. The van der Waals surface area contributed by atoms with Gasteiger partial charge in [0, 0.05) is 45.3 Å². The molecule has 2 aliphatic rings. The third-order valence-electron chi connectivity index (χ3n) is 4.16. The van der Waals surface area contributed by atoms with Gasteiger partial charge in [0.2, 0.25) is 0 Å². The van der Waals surface area contributed by atoms with Crippen molar-refractivity contribution in [2.75, 3.05) is 52.9 Å². The van der Waals surface area contributed by atoms with Crippen molar-refractivity contribution in [1.82, 2.24) is 14.7 Å². The molecule has 2 heterocycles. The maximum Gasteiger partial charge on any atom is 0.0110 e. The van der Waals surface area contributed by atoms with Gasteiger partial charge in [-0.25, -0.2) is 0 Å². The fourth-order valence-electron chi connectivity index (χ4n) is 2.88. The molecule has 2 aliphatic heterocycles. The van der Waals surface area contributed by atoms with Crippen LogP contribution in [0.3, 0.4) is 0 Å². The highest BCUT2D eigenvalue weighted by atomic mass is 15.3. The molecule has 0 radical (unpaired) electrons. The van der Waals surface area contributed by atoms with Gasteiger partial charge in [0.25, 0.3) is 0 Å². The Morgan fingerprint density at radius 1 is 1.06 bits per heavy atom. The summed E-state index contributed by atoms with van der Waals surface area (Å²) in [7, 11) is 2.23. The first kappa shape index (κ1) is 12.3. The number of likely N-dealkylation sites (tertiary alicyclic amines) is 1. The molecule has 2 rings (SSSR count). The van der Waals surface area contributed by atoms with Crippen molar-refractivity contribution < 1.29 is 0 Å². The Morgan fingerprint density at radius 2 is 1.75 bits per heavy atom. The molecule has 1 atom stereocenters. The minimum Gasteiger partial charge on any atom is -0.304 e. The average molecular weight is 225 g/mol. The van der Waals surface area contributed by atoms with Crippen LogP contribution in [0, 0.1) is 5.92 Å². The number of rotatable bonds is 3. The van der Waals surface area contributed by atoms with Crippen LogP contribution in [0.15, 0.2) is 0 Å². The highest BCUT2D eigenvalue weighted by molar-refractivity contribution is 4.81. The fraction of sp³-hybridized carbons (Fsp3) is 1.00. The Kier molecular flexibility index (Phi) is 4.22. The van der Waals surface area contributed by atoms with E-state index >= 15 is 0 Å². The quantitative estimate of drug-likeness (QED) is 0.708. The summed E-state index contributed by atoms with van der Waals surface area (Å²) in [5.41, 5.74) is 0. The second kappa shape index (κ2) is 5.48. The van der Waals surface area contributed by atoms with E-state index in [1.165, 1.54) is 52.2 Å². The van der Waals surface area contributed by atoms with Gasteiger partial charge in [0.15, 0.2) is 0 Å². The lowest BCUT2D eigenvalue weighted by Gasteiger charge is -2.34. The van der Waals surface area contributed by atoms with Gasteiger partial charge in [-0.3, -0.25) is 0 Å². The van der Waals surface area contributed by atoms with Crippen molar-refractivity contribution in [3.8, 4) is 0 Å². The van der Waals surface area contributed by atoms with Gasteiger partial charge < -0.3 is 14.7 Å². The number of likely N-dealkylation sites (N-methyl/N-ethyl adjacent to an activating group) is 1. The van der Waals surface area contributed by atoms with Gasteiger partial charge >= 0.3 is 0 Å². The van der Waals surface area contributed by atoms with Gasteiger partial charge in [-0.15, -0.1) is 0 Å². The van der Waals surface area contributed by atoms with Crippen LogP contribution in [0.2, 0.25) is 0 Å². The third kappa shape index (κ3) is 3.19. The second-order valence-electron chi connectivity index (χ2n) is 5.85. The van der Waals surface area contributed by atoms with Crippen molar-refractivity contribution in [3.63, 3.8) is 0 Å². The molecule has 1 unspecified atom stereocenters. The van der Waals surface area contributed by atoms with E-state index in [-0.39, 0.29) is 0 Å². The Hall–Kier alpha value is -0.120. The second-order valence-corrected chi connectivity index (χ2v) is 5.85. The number of hydrogen-bond acceptors (Lipinski definition) is 3. The molecule has 0 aliphatic carbocycles. The van der Waals surface area contributed by atoms with E-state index in [0.717, 1.165) is 12.0 Å². The SMILES string of the molecule is CC(C)N1CCC(CN2CCN(C)CC2)C1. The predicted octanol–water partition coefficient (Wildman–Crippen LogP) is 0.964. The molecule has 0 saturated carbocycles. The van der Waals surface area contributed by atoms with Crippen LogP contribution in [0.25, 0.3) is 0 Å². The molecular weight excluding hydrogens is 198 g/mol. The minimum absolute atomic E-state index is 0.734. The van der Waals surface area contributed by atoms with E-state index in [9.17, 15) is 0 Å². The summed E-state index contributed by atoms with van der Waals surface area (Å²) in [5.74, 6) is 0.922. The molecule has 0 aromatic carbocycles. The van der Waals surface area contributed by atoms with Crippen LogP contribution in [0.4, 0.5) is 0 Å². The third-order valence-corrected chi connectivity index (χ3v) is 4.16. The van der Waals surface area contributed by atoms with E-state index in [0.29, 0.717) is 0 Å². The molecule has 2 fully saturated rings. The molecule has 0 N–H and O–H groups in total. The van der Waals surface area contributed by atoms with Crippen molar-refractivity contribution in [1.29, 1.82) is 0 Å². The Morgan fingerprint density at radius 3 is 2.31 bits per heavy atom. The van der Waals surface area contributed by atoms with Crippen LogP contribution >= 0.6 is 0 Å². The molecule has 94 valence electrons. The largest absolute Gasteiger partial charge is 0.304 e. The molecule has 3 heteroatoms. The molecule has 0 aromatic rings. The standard InChI is InChI=1S/C13H27N3/c1-12(2)16-5-4-13(11-16)10-15-8-6-14(3)7-9-15/h12-13H,4-11H2,1-3H3. The first-order chi connectivity index (χ1) is 7.65. The van der Waals surface area contributed by atoms with Crippen LogP contribution < -0.4 is 0 Å². The number of piperazine rings is 1. The van der Waals surface area contributed by atoms with E-state index in [1.807, 2.05) is 0 Å². The molecule has 0 bridgehead atoms. The Labute approximate surface area is 100 Å². The van der Waals surface area contributed by atoms with Crippen LogP contribution in [0.1, 0.15) is 20.3 Å². The zero-order valence-corrected chi connectivity index (χ0v) is 11.2. The summed E-state index contributed by atoms with van der Waals surface area (Å²) < 4.78 is 0. The molecular formula is C13H27N3. The van der Waals surface area contributed by atoms with E-state index in [1.54, 1.807) is 0 Å². The predicted molar refractivity (Wildman–Crippen MR) is 68.8 cm³/mol. The summed E-state index contributed by atoms with van der Waals surface area (Å²) in [5, 5.41) is 0. The van der Waals surface area contributed by atoms with Gasteiger partial charge in [0.05, 0.1) is 0 Å². The van der Waals surface area contributed by atoms with Gasteiger partial charge in [-0.1, -0.05) is 0 Å². The molecule has 16 heavy (non-hydrogen) atoms. The lowest BCUT2D eigenvalue weighted by Crippen LogP contribution is -2.46. The number of nitrogens with zero attached hydrogens (tertiary/aromatic N) is 3. The van der Waals surface area contributed by atoms with E-state index < -0.39 is 0 Å². The Balaban J connectivity index is 1.71. The van der Waals surface area contributed by atoms with E-state index in [4.69, 9.17) is 0 Å². The van der Waals surface area contributed by atoms with Crippen LogP contribution in [-0.4, -0.2) is 73.6 Å². The van der Waals surface area contributed by atoms with Crippen LogP contribution in [-0.2, 0) is 0 Å². The first-order valence-electron chi connectivity index (χ1n) is 6.80. The monoisotopic (exact) mass is 225 g/mol. The zero-order valence-electron chi connectivity index (χ0n) is 11.2. The summed E-state index contributed by atoms with van der Waals surface area (Å²) in [6.07, 6.45) is 1.41. The lowest BCUT2D eigenvalue weighted by atomic mass is 10.1. The summed E-state index contributed by atoms with van der Waals surface area (Å²) >= 11 is 0. The minimum atomic E-state index is 0.734. The highest BCUT2D eigenvalue weighted by Gasteiger charge is 2.26. The normalized spacial score (nSPS) is 30.4. The van der Waals surface area contributed by atoms with Crippen molar-refractivity contribution >= 4 is 0 Å². The molecule has 0 spiro atoms. The van der Waals surface area contributed by atoms with Crippen molar-refractivity contribution in [3.05, 3.63) is 0 Å². The summed E-state index contributed by atoms with van der Waals surface area (Å²) in [6.45, 7) is 13.7. The van der Waals surface area contributed by atoms with Gasteiger partial charge in [0.1, 0.15) is 0 Å². The Bertz CT molecular complexity index is 209. The average Bonchev–Trinajstić information content (AvgIpc) is 2.70. The fourth-order valence-corrected chi connectivity index (χ4v) is 2.88. The molecule has 2 saturated heterocycles. The molecule has 0 aromatic heterocycles. The highest BCUT2D eigenvalue weighted by Crippen LogP contribution is 2.19. The van der Waals surface area contributed by atoms with E-state index in [2.05, 4.69) is 35.6 Å². The van der Waals surface area contributed by atoms with Crippen molar-refractivity contribution in [2.24, 2.45) is 5.92 Å². The maximum absolute atomic E-state index is 2.66. The lowest BCUT2D eigenvalue weighted by molar-refractivity contribution is 0.135. The maximum atomic E-state index is 2.66. The number of hydrogen-bond donors (Lipinski definition) is 0. The first-order valence-corrected chi connectivity index (χ1v) is 6.80. The van der Waals surface area contributed by atoms with Gasteiger partial charge in [-0.05, 0) is 39.8 Å².